The fourth-order valence-corrected chi connectivity index (χ4v) is 1.59. The summed E-state index contributed by atoms with van der Waals surface area (Å²) in [5, 5.41) is 7.54. The van der Waals surface area contributed by atoms with Crippen LogP contribution in [0.3, 0.4) is 0 Å². The second-order valence-corrected chi connectivity index (χ2v) is 3.71. The maximum absolute atomic E-state index is 4.28. The van der Waals surface area contributed by atoms with Crippen LogP contribution in [0.15, 0.2) is 6.33 Å². The van der Waals surface area contributed by atoms with E-state index in [4.69, 9.17) is 0 Å². The Bertz CT molecular complexity index is 257. The second kappa shape index (κ2) is 7.40. The lowest BCUT2D eigenvalue weighted by molar-refractivity contribution is 0.551. The first-order valence-corrected chi connectivity index (χ1v) is 5.95. The van der Waals surface area contributed by atoms with Crippen LogP contribution in [-0.4, -0.2) is 27.9 Å². The molecule has 0 aliphatic heterocycles. The van der Waals surface area contributed by atoms with Gasteiger partial charge in [-0.25, -0.2) is 4.98 Å². The van der Waals surface area contributed by atoms with E-state index in [-0.39, 0.29) is 0 Å². The van der Waals surface area contributed by atoms with Crippen LogP contribution >= 0.6 is 0 Å². The summed E-state index contributed by atoms with van der Waals surface area (Å²) >= 11 is 0. The quantitative estimate of drug-likeness (QED) is 0.663. The fourth-order valence-electron chi connectivity index (χ4n) is 1.59. The molecule has 15 heavy (non-hydrogen) atoms. The molecule has 4 nitrogen and oxygen atoms in total. The van der Waals surface area contributed by atoms with Gasteiger partial charge in [-0.05, 0) is 32.4 Å². The number of hydrogen-bond donors (Lipinski definition) is 1. The van der Waals surface area contributed by atoms with Crippen molar-refractivity contribution in [2.45, 2.75) is 46.1 Å². The maximum Gasteiger partial charge on any atom is 0.138 e. The lowest BCUT2D eigenvalue weighted by atomic mass is 10.2. The van der Waals surface area contributed by atoms with Gasteiger partial charge >= 0.3 is 0 Å². The molecule has 0 amide bonds. The largest absolute Gasteiger partial charge is 0.317 e. The molecule has 0 radical (unpaired) electrons. The zero-order valence-corrected chi connectivity index (χ0v) is 9.87. The number of aromatic nitrogens is 3. The van der Waals surface area contributed by atoms with Gasteiger partial charge in [-0.15, -0.1) is 0 Å². The van der Waals surface area contributed by atoms with Crippen molar-refractivity contribution in [3.05, 3.63) is 12.2 Å². The van der Waals surface area contributed by atoms with Crippen LogP contribution in [0.2, 0.25) is 0 Å². The number of nitrogens with zero attached hydrogens (tertiary/aromatic N) is 3. The van der Waals surface area contributed by atoms with Gasteiger partial charge in [-0.2, -0.15) is 5.10 Å². The summed E-state index contributed by atoms with van der Waals surface area (Å²) in [6.45, 7) is 7.46. The minimum absolute atomic E-state index is 0.989. The second-order valence-electron chi connectivity index (χ2n) is 3.71. The zero-order chi connectivity index (χ0) is 10.9. The molecule has 0 bridgehead atoms. The number of nitrogens with one attached hydrogen (secondary N) is 1. The van der Waals surface area contributed by atoms with Gasteiger partial charge in [0.2, 0.25) is 0 Å². The lowest BCUT2D eigenvalue weighted by Crippen LogP contribution is -2.14. The zero-order valence-electron chi connectivity index (χ0n) is 9.87. The van der Waals surface area contributed by atoms with Gasteiger partial charge < -0.3 is 5.32 Å². The lowest BCUT2D eigenvalue weighted by Gasteiger charge is -2.04. The Labute approximate surface area is 92.1 Å². The van der Waals surface area contributed by atoms with Crippen molar-refractivity contribution in [3.8, 4) is 0 Å². The summed E-state index contributed by atoms with van der Waals surface area (Å²) in [5.74, 6) is 1.13. The van der Waals surface area contributed by atoms with E-state index in [2.05, 4.69) is 29.2 Å². The molecule has 0 saturated carbocycles. The van der Waals surface area contributed by atoms with E-state index in [0.717, 1.165) is 38.3 Å². The molecule has 0 unspecified atom stereocenters. The molecular formula is C11H22N4. The molecule has 0 aromatic carbocycles. The van der Waals surface area contributed by atoms with Gasteiger partial charge in [-0.3, -0.25) is 4.68 Å². The monoisotopic (exact) mass is 210 g/mol. The molecule has 0 spiro atoms. The molecule has 0 saturated heterocycles. The first kappa shape index (κ1) is 12.2. The summed E-state index contributed by atoms with van der Waals surface area (Å²) in [6, 6.07) is 0. The van der Waals surface area contributed by atoms with Gasteiger partial charge in [0.25, 0.3) is 0 Å². The van der Waals surface area contributed by atoms with Crippen LogP contribution < -0.4 is 5.32 Å². The highest BCUT2D eigenvalue weighted by molar-refractivity contribution is 4.84. The average molecular weight is 210 g/mol. The Hall–Kier alpha value is -0.900. The van der Waals surface area contributed by atoms with Gasteiger partial charge in [0.1, 0.15) is 12.2 Å². The van der Waals surface area contributed by atoms with Crippen molar-refractivity contribution in [2.75, 3.05) is 13.1 Å². The SMILES string of the molecule is CCCn1ncnc1CCCCNCC. The van der Waals surface area contributed by atoms with E-state index < -0.39 is 0 Å². The molecule has 1 rings (SSSR count). The van der Waals surface area contributed by atoms with E-state index in [9.17, 15) is 0 Å². The fraction of sp³-hybridized carbons (Fsp3) is 0.818. The van der Waals surface area contributed by atoms with Crippen molar-refractivity contribution in [1.82, 2.24) is 20.1 Å². The highest BCUT2D eigenvalue weighted by Gasteiger charge is 2.02. The standard InChI is InChI=1S/C11H22N4/c1-3-9-15-11(13-10-14-15)7-5-6-8-12-4-2/h10,12H,3-9H2,1-2H3. The van der Waals surface area contributed by atoms with Crippen LogP contribution in [0, 0.1) is 0 Å². The molecule has 4 heteroatoms. The van der Waals surface area contributed by atoms with E-state index in [1.807, 2.05) is 4.68 Å². The van der Waals surface area contributed by atoms with E-state index in [1.54, 1.807) is 6.33 Å². The van der Waals surface area contributed by atoms with Gasteiger partial charge in [0.15, 0.2) is 0 Å². The topological polar surface area (TPSA) is 42.7 Å². The summed E-state index contributed by atoms with van der Waals surface area (Å²) in [4.78, 5) is 4.28. The Balaban J connectivity index is 2.21. The third-order valence-electron chi connectivity index (χ3n) is 2.39. The molecule has 0 aliphatic rings. The average Bonchev–Trinajstić information content (AvgIpc) is 2.66. The minimum Gasteiger partial charge on any atom is -0.317 e. The van der Waals surface area contributed by atoms with Gasteiger partial charge in [0, 0.05) is 13.0 Å². The number of aryl methyl sites for hydroxylation is 2. The highest BCUT2D eigenvalue weighted by atomic mass is 15.3. The third-order valence-corrected chi connectivity index (χ3v) is 2.39. The Morgan fingerprint density at radius 2 is 2.20 bits per heavy atom. The van der Waals surface area contributed by atoms with E-state index >= 15 is 0 Å². The van der Waals surface area contributed by atoms with Crippen molar-refractivity contribution in [3.63, 3.8) is 0 Å². The molecule has 1 N–H and O–H groups in total. The van der Waals surface area contributed by atoms with E-state index in [0.29, 0.717) is 0 Å². The summed E-state index contributed by atoms with van der Waals surface area (Å²) in [5.41, 5.74) is 0. The van der Waals surface area contributed by atoms with E-state index in [1.165, 1.54) is 12.8 Å². The minimum atomic E-state index is 0.989. The number of unbranched alkanes of at least 4 members (excludes halogenated alkanes) is 1. The molecule has 1 heterocycles. The molecular weight excluding hydrogens is 188 g/mol. The van der Waals surface area contributed by atoms with Crippen LogP contribution in [0.1, 0.15) is 38.9 Å². The maximum atomic E-state index is 4.28. The van der Waals surface area contributed by atoms with Gasteiger partial charge in [0.05, 0.1) is 0 Å². The predicted octanol–water partition coefficient (Wildman–Crippen LogP) is 1.62. The molecule has 0 fully saturated rings. The predicted molar refractivity (Wildman–Crippen MR) is 61.8 cm³/mol. The number of hydrogen-bond acceptors (Lipinski definition) is 3. The molecule has 86 valence electrons. The van der Waals surface area contributed by atoms with Crippen molar-refractivity contribution in [2.24, 2.45) is 0 Å². The van der Waals surface area contributed by atoms with Crippen LogP contribution in [0.5, 0.6) is 0 Å². The van der Waals surface area contributed by atoms with Crippen molar-refractivity contribution < 1.29 is 0 Å². The first-order valence-electron chi connectivity index (χ1n) is 5.95. The first-order chi connectivity index (χ1) is 7.38. The third kappa shape index (κ3) is 4.42. The summed E-state index contributed by atoms with van der Waals surface area (Å²) in [6.07, 6.45) is 6.23. The summed E-state index contributed by atoms with van der Waals surface area (Å²) < 4.78 is 2.02. The Kier molecular flexibility index (Phi) is 6.00. The normalized spacial score (nSPS) is 10.8. The van der Waals surface area contributed by atoms with Crippen molar-refractivity contribution >= 4 is 0 Å². The Morgan fingerprint density at radius 1 is 1.33 bits per heavy atom. The van der Waals surface area contributed by atoms with Crippen LogP contribution in [0.4, 0.5) is 0 Å². The van der Waals surface area contributed by atoms with Crippen LogP contribution in [0.25, 0.3) is 0 Å². The summed E-state index contributed by atoms with van der Waals surface area (Å²) in [7, 11) is 0. The molecule has 1 aromatic rings. The van der Waals surface area contributed by atoms with Crippen molar-refractivity contribution in [1.29, 1.82) is 0 Å². The number of rotatable bonds is 8. The molecule has 0 atom stereocenters. The smallest absolute Gasteiger partial charge is 0.138 e. The van der Waals surface area contributed by atoms with Gasteiger partial charge in [-0.1, -0.05) is 13.8 Å². The Morgan fingerprint density at radius 3 is 2.93 bits per heavy atom. The molecule has 1 aromatic heterocycles. The highest BCUT2D eigenvalue weighted by Crippen LogP contribution is 2.01. The van der Waals surface area contributed by atoms with Crippen LogP contribution in [-0.2, 0) is 13.0 Å². The molecule has 0 aliphatic carbocycles.